The highest BCUT2D eigenvalue weighted by molar-refractivity contribution is 6.68. The van der Waals surface area contributed by atoms with Crippen molar-refractivity contribution in [2.75, 3.05) is 0 Å². The molecule has 1 fully saturated rings. The van der Waals surface area contributed by atoms with E-state index in [2.05, 4.69) is 0 Å². The summed E-state index contributed by atoms with van der Waals surface area (Å²) in [5, 5.41) is 0.151. The molecule has 0 N–H and O–H groups in total. The molecule has 0 aromatic heterocycles. The van der Waals surface area contributed by atoms with Crippen molar-refractivity contribution in [3.63, 3.8) is 0 Å². The Hall–Kier alpha value is -0.530. The Labute approximate surface area is 86.7 Å². The standard InChI is InChI=1S/C10H8Cl2O/c11-7-3-4-8(6-1-2-6)9(5-7)10(12)13/h3-6H,1-2H2. The zero-order valence-corrected chi connectivity index (χ0v) is 8.40. The number of hydrogen-bond acceptors (Lipinski definition) is 1. The van der Waals surface area contributed by atoms with Crippen LogP contribution in [0.25, 0.3) is 0 Å². The van der Waals surface area contributed by atoms with Crippen LogP contribution in [0.2, 0.25) is 5.02 Å². The van der Waals surface area contributed by atoms with Gasteiger partial charge in [0.25, 0.3) is 5.24 Å². The van der Waals surface area contributed by atoms with Gasteiger partial charge in [-0.2, -0.15) is 0 Å². The van der Waals surface area contributed by atoms with Crippen LogP contribution in [-0.2, 0) is 0 Å². The molecule has 1 aromatic rings. The van der Waals surface area contributed by atoms with Crippen LogP contribution in [0.15, 0.2) is 18.2 Å². The van der Waals surface area contributed by atoms with Crippen molar-refractivity contribution in [1.82, 2.24) is 0 Å². The second kappa shape index (κ2) is 3.32. The number of benzene rings is 1. The summed E-state index contributed by atoms with van der Waals surface area (Å²) in [6.45, 7) is 0. The van der Waals surface area contributed by atoms with Crippen molar-refractivity contribution < 1.29 is 4.79 Å². The van der Waals surface area contributed by atoms with Crippen LogP contribution < -0.4 is 0 Å². The predicted molar refractivity (Wildman–Crippen MR) is 53.6 cm³/mol. The van der Waals surface area contributed by atoms with Crippen LogP contribution in [0.1, 0.15) is 34.7 Å². The average Bonchev–Trinajstić information content (AvgIpc) is 2.87. The van der Waals surface area contributed by atoms with Crippen molar-refractivity contribution in [1.29, 1.82) is 0 Å². The fourth-order valence-electron chi connectivity index (χ4n) is 1.45. The van der Waals surface area contributed by atoms with Crippen molar-refractivity contribution in [2.45, 2.75) is 18.8 Å². The molecule has 0 atom stereocenters. The number of carbonyl (C=O) groups excluding carboxylic acids is 1. The van der Waals surface area contributed by atoms with Gasteiger partial charge in [0.2, 0.25) is 0 Å². The maximum absolute atomic E-state index is 11.1. The van der Waals surface area contributed by atoms with Gasteiger partial charge in [-0.15, -0.1) is 0 Å². The van der Waals surface area contributed by atoms with Gasteiger partial charge in [-0.05, 0) is 48.1 Å². The highest BCUT2D eigenvalue weighted by atomic mass is 35.5. The lowest BCUT2D eigenvalue weighted by Gasteiger charge is -2.03. The first-order valence-electron chi connectivity index (χ1n) is 4.18. The molecule has 0 heterocycles. The Morgan fingerprint density at radius 1 is 1.38 bits per heavy atom. The number of halogens is 2. The second-order valence-corrected chi connectivity index (χ2v) is 4.06. The molecule has 13 heavy (non-hydrogen) atoms. The van der Waals surface area contributed by atoms with Crippen LogP contribution in [-0.4, -0.2) is 5.24 Å². The summed E-state index contributed by atoms with van der Waals surface area (Å²) in [4.78, 5) is 11.1. The van der Waals surface area contributed by atoms with Gasteiger partial charge < -0.3 is 0 Å². The molecular weight excluding hydrogens is 207 g/mol. The molecule has 0 amide bonds. The molecule has 0 aliphatic heterocycles. The van der Waals surface area contributed by atoms with Gasteiger partial charge >= 0.3 is 0 Å². The van der Waals surface area contributed by atoms with E-state index < -0.39 is 5.24 Å². The normalized spacial score (nSPS) is 15.8. The van der Waals surface area contributed by atoms with Crippen LogP contribution in [0.4, 0.5) is 0 Å². The molecule has 1 nitrogen and oxygen atoms in total. The number of carbonyl (C=O) groups is 1. The molecular formula is C10H8Cl2O. The predicted octanol–water partition coefficient (Wildman–Crippen LogP) is 3.60. The summed E-state index contributed by atoms with van der Waals surface area (Å²) in [5.74, 6) is 0.523. The first-order valence-corrected chi connectivity index (χ1v) is 4.93. The highest BCUT2D eigenvalue weighted by Gasteiger charge is 2.27. The molecule has 1 saturated carbocycles. The van der Waals surface area contributed by atoms with Gasteiger partial charge in [0, 0.05) is 10.6 Å². The van der Waals surface area contributed by atoms with Crippen molar-refractivity contribution in [3.05, 3.63) is 34.3 Å². The third-order valence-electron chi connectivity index (χ3n) is 2.24. The Kier molecular flexibility index (Phi) is 2.31. The van der Waals surface area contributed by atoms with E-state index >= 15 is 0 Å². The summed E-state index contributed by atoms with van der Waals surface area (Å²) in [6, 6.07) is 5.35. The van der Waals surface area contributed by atoms with E-state index in [4.69, 9.17) is 23.2 Å². The molecule has 68 valence electrons. The van der Waals surface area contributed by atoms with Crippen molar-refractivity contribution in [3.8, 4) is 0 Å². The van der Waals surface area contributed by atoms with Crippen molar-refractivity contribution in [2.24, 2.45) is 0 Å². The minimum atomic E-state index is -0.413. The SMILES string of the molecule is O=C(Cl)c1cc(Cl)ccc1C1CC1. The first-order chi connectivity index (χ1) is 6.18. The zero-order valence-electron chi connectivity index (χ0n) is 6.89. The average molecular weight is 215 g/mol. The third-order valence-corrected chi connectivity index (χ3v) is 2.68. The lowest BCUT2D eigenvalue weighted by molar-refractivity contribution is 0.108. The summed E-state index contributed by atoms with van der Waals surface area (Å²) < 4.78 is 0. The van der Waals surface area contributed by atoms with Crippen molar-refractivity contribution >= 4 is 28.4 Å². The molecule has 1 aliphatic carbocycles. The van der Waals surface area contributed by atoms with E-state index in [0.717, 1.165) is 18.4 Å². The molecule has 1 aromatic carbocycles. The van der Waals surface area contributed by atoms with Crippen LogP contribution in [0.5, 0.6) is 0 Å². The Bertz CT molecular complexity index is 356. The number of rotatable bonds is 2. The van der Waals surface area contributed by atoms with Gasteiger partial charge in [-0.25, -0.2) is 0 Å². The maximum Gasteiger partial charge on any atom is 0.252 e. The van der Waals surface area contributed by atoms with Gasteiger partial charge in [-0.3, -0.25) is 4.79 Å². The van der Waals surface area contributed by atoms with Crippen LogP contribution in [0.3, 0.4) is 0 Å². The molecule has 3 heteroatoms. The van der Waals surface area contributed by atoms with Crippen LogP contribution in [0, 0.1) is 0 Å². The lowest BCUT2D eigenvalue weighted by Crippen LogP contribution is -1.95. The molecule has 2 rings (SSSR count). The lowest BCUT2D eigenvalue weighted by atomic mass is 10.0. The fourth-order valence-corrected chi connectivity index (χ4v) is 1.78. The molecule has 0 spiro atoms. The first kappa shape index (κ1) is 9.04. The molecule has 0 saturated heterocycles. The molecule has 0 radical (unpaired) electrons. The van der Waals surface area contributed by atoms with E-state index in [-0.39, 0.29) is 0 Å². The van der Waals surface area contributed by atoms with Gasteiger partial charge in [0.05, 0.1) is 0 Å². The Balaban J connectivity index is 2.47. The minimum absolute atomic E-state index is 0.413. The largest absolute Gasteiger partial charge is 0.276 e. The van der Waals surface area contributed by atoms with Gasteiger partial charge in [0.15, 0.2) is 0 Å². The quantitative estimate of drug-likeness (QED) is 0.689. The third kappa shape index (κ3) is 1.87. The van der Waals surface area contributed by atoms with E-state index in [9.17, 15) is 4.79 Å². The molecule has 0 bridgehead atoms. The van der Waals surface area contributed by atoms with E-state index in [0.29, 0.717) is 16.5 Å². The summed E-state index contributed by atoms with van der Waals surface area (Å²) in [5.41, 5.74) is 1.61. The summed E-state index contributed by atoms with van der Waals surface area (Å²) in [7, 11) is 0. The highest BCUT2D eigenvalue weighted by Crippen LogP contribution is 2.42. The monoisotopic (exact) mass is 214 g/mol. The minimum Gasteiger partial charge on any atom is -0.276 e. The van der Waals surface area contributed by atoms with Gasteiger partial charge in [0.1, 0.15) is 0 Å². The molecule has 1 aliphatic rings. The van der Waals surface area contributed by atoms with E-state index in [1.54, 1.807) is 12.1 Å². The summed E-state index contributed by atoms with van der Waals surface area (Å²) in [6.07, 6.45) is 2.30. The van der Waals surface area contributed by atoms with E-state index in [1.165, 1.54) is 0 Å². The molecule has 0 unspecified atom stereocenters. The smallest absolute Gasteiger partial charge is 0.252 e. The summed E-state index contributed by atoms with van der Waals surface area (Å²) >= 11 is 11.2. The second-order valence-electron chi connectivity index (χ2n) is 3.28. The topological polar surface area (TPSA) is 17.1 Å². The van der Waals surface area contributed by atoms with Crippen LogP contribution >= 0.6 is 23.2 Å². The maximum atomic E-state index is 11.1. The van der Waals surface area contributed by atoms with Gasteiger partial charge in [-0.1, -0.05) is 17.7 Å². The fraction of sp³-hybridized carbons (Fsp3) is 0.300. The number of hydrogen-bond donors (Lipinski definition) is 0. The Morgan fingerprint density at radius 3 is 2.62 bits per heavy atom. The Morgan fingerprint density at radius 2 is 2.08 bits per heavy atom. The van der Waals surface area contributed by atoms with E-state index in [1.807, 2.05) is 6.07 Å². The zero-order chi connectivity index (χ0) is 9.42.